The van der Waals surface area contributed by atoms with Crippen LogP contribution in [0.3, 0.4) is 0 Å². The molecule has 2 atom stereocenters. The zero-order valence-corrected chi connectivity index (χ0v) is 17.0. The number of nitrogens with one attached hydrogen (secondary N) is 1. The second kappa shape index (κ2) is 7.89. The number of benzene rings is 1. The Morgan fingerprint density at radius 2 is 2.04 bits per heavy atom. The molecule has 146 valence electrons. The minimum Gasteiger partial charge on any atom is -0.497 e. The van der Waals surface area contributed by atoms with Gasteiger partial charge in [-0.2, -0.15) is 0 Å². The number of carbonyl (C=O) groups is 1. The van der Waals surface area contributed by atoms with Crippen molar-refractivity contribution in [2.24, 2.45) is 7.05 Å². The number of thioether (sulfide) groups is 1. The normalized spacial score (nSPS) is 19.6. The van der Waals surface area contributed by atoms with Gasteiger partial charge in [-0.3, -0.25) is 4.79 Å². The van der Waals surface area contributed by atoms with E-state index in [4.69, 9.17) is 4.74 Å². The van der Waals surface area contributed by atoms with Gasteiger partial charge in [0.25, 0.3) is 0 Å². The van der Waals surface area contributed by atoms with Gasteiger partial charge >= 0.3 is 0 Å². The Kier molecular flexibility index (Phi) is 5.75. The third-order valence-electron chi connectivity index (χ3n) is 4.41. The summed E-state index contributed by atoms with van der Waals surface area (Å²) in [6.45, 7) is 1.77. The lowest BCUT2D eigenvalue weighted by molar-refractivity contribution is -0.120. The highest BCUT2D eigenvalue weighted by Crippen LogP contribution is 2.27. The Morgan fingerprint density at radius 3 is 2.63 bits per heavy atom. The van der Waals surface area contributed by atoms with Crippen molar-refractivity contribution in [2.75, 3.05) is 18.6 Å². The van der Waals surface area contributed by atoms with E-state index in [9.17, 15) is 13.2 Å². The predicted molar refractivity (Wildman–Crippen MR) is 104 cm³/mol. The molecular formula is C17H22N4O4S2. The van der Waals surface area contributed by atoms with E-state index in [2.05, 4.69) is 15.5 Å². The predicted octanol–water partition coefficient (Wildman–Crippen LogP) is 1.27. The number of sulfone groups is 1. The number of amides is 1. The molecule has 8 nitrogen and oxygen atoms in total. The van der Waals surface area contributed by atoms with Crippen LogP contribution in [-0.2, 0) is 21.7 Å². The van der Waals surface area contributed by atoms with Crippen molar-refractivity contribution in [3.8, 4) is 17.1 Å². The fourth-order valence-corrected chi connectivity index (χ4v) is 5.35. The number of ether oxygens (including phenoxy) is 1. The van der Waals surface area contributed by atoms with E-state index >= 15 is 0 Å². The standard InChI is InChI=1S/C17H22N4O4S2/c1-11(16(22)18-13-8-9-27(23,24)10-13)26-17-20-19-15(21(17)2)12-4-6-14(25-3)7-5-12/h4-7,11,13H,8-10H2,1-3H3,(H,18,22)/t11-,13-/m1/s1. The fraction of sp³-hybridized carbons (Fsp3) is 0.471. The highest BCUT2D eigenvalue weighted by molar-refractivity contribution is 8.00. The molecule has 0 saturated carbocycles. The molecule has 2 heterocycles. The molecule has 3 rings (SSSR count). The molecule has 1 aliphatic rings. The Hall–Kier alpha value is -2.07. The van der Waals surface area contributed by atoms with Crippen molar-refractivity contribution in [3.63, 3.8) is 0 Å². The molecule has 0 unspecified atom stereocenters. The van der Waals surface area contributed by atoms with Gasteiger partial charge in [0, 0.05) is 18.7 Å². The third kappa shape index (κ3) is 4.62. The molecule has 1 N–H and O–H groups in total. The van der Waals surface area contributed by atoms with Crippen LogP contribution in [-0.4, -0.2) is 59.0 Å². The Morgan fingerprint density at radius 1 is 1.33 bits per heavy atom. The molecule has 0 spiro atoms. The first-order valence-electron chi connectivity index (χ1n) is 8.50. The fourth-order valence-electron chi connectivity index (χ4n) is 2.85. The molecule has 2 aromatic rings. The van der Waals surface area contributed by atoms with Gasteiger partial charge < -0.3 is 14.6 Å². The summed E-state index contributed by atoms with van der Waals surface area (Å²) in [5.41, 5.74) is 0.894. The molecule has 0 bridgehead atoms. The number of methoxy groups -OCH3 is 1. The molecule has 1 aromatic heterocycles. The number of aromatic nitrogens is 3. The van der Waals surface area contributed by atoms with E-state index in [1.54, 1.807) is 14.0 Å². The molecule has 0 aliphatic carbocycles. The quantitative estimate of drug-likeness (QED) is 0.716. The Bertz CT molecular complexity index is 925. The van der Waals surface area contributed by atoms with Crippen LogP contribution < -0.4 is 10.1 Å². The molecular weight excluding hydrogens is 388 g/mol. The molecule has 0 radical (unpaired) electrons. The average molecular weight is 411 g/mol. The highest BCUT2D eigenvalue weighted by Gasteiger charge is 2.30. The smallest absolute Gasteiger partial charge is 0.233 e. The second-order valence-corrected chi connectivity index (χ2v) is 10.00. The van der Waals surface area contributed by atoms with Crippen molar-refractivity contribution in [3.05, 3.63) is 24.3 Å². The summed E-state index contributed by atoms with van der Waals surface area (Å²) in [6.07, 6.45) is 0.469. The first-order valence-corrected chi connectivity index (χ1v) is 11.2. The molecule has 1 saturated heterocycles. The first kappa shape index (κ1) is 19.7. The van der Waals surface area contributed by atoms with Gasteiger partial charge in [0.2, 0.25) is 5.91 Å². The van der Waals surface area contributed by atoms with Crippen LogP contribution in [0.5, 0.6) is 5.75 Å². The topological polar surface area (TPSA) is 103 Å². The van der Waals surface area contributed by atoms with Gasteiger partial charge in [-0.1, -0.05) is 11.8 Å². The number of nitrogens with zero attached hydrogens (tertiary/aromatic N) is 3. The number of rotatable bonds is 6. The lowest BCUT2D eigenvalue weighted by Gasteiger charge is -2.15. The minimum absolute atomic E-state index is 0.0156. The van der Waals surface area contributed by atoms with Crippen molar-refractivity contribution in [1.82, 2.24) is 20.1 Å². The van der Waals surface area contributed by atoms with Crippen molar-refractivity contribution in [1.29, 1.82) is 0 Å². The Labute approximate surface area is 162 Å². The zero-order chi connectivity index (χ0) is 19.6. The lowest BCUT2D eigenvalue weighted by atomic mass is 10.2. The van der Waals surface area contributed by atoms with Crippen molar-refractivity contribution >= 4 is 27.5 Å². The largest absolute Gasteiger partial charge is 0.497 e. The molecule has 1 aromatic carbocycles. The first-order chi connectivity index (χ1) is 12.8. The highest BCUT2D eigenvalue weighted by atomic mass is 32.2. The minimum atomic E-state index is -3.02. The van der Waals surface area contributed by atoms with Crippen LogP contribution in [0.4, 0.5) is 0 Å². The van der Waals surface area contributed by atoms with Gasteiger partial charge in [-0.15, -0.1) is 10.2 Å². The SMILES string of the molecule is COc1ccc(-c2nnc(S[C@H](C)C(=O)N[C@@H]3CCS(=O)(=O)C3)n2C)cc1. The summed E-state index contributed by atoms with van der Waals surface area (Å²) in [7, 11) is 0.432. The van der Waals surface area contributed by atoms with E-state index in [1.807, 2.05) is 35.9 Å². The van der Waals surface area contributed by atoms with Crippen LogP contribution >= 0.6 is 11.8 Å². The lowest BCUT2D eigenvalue weighted by Crippen LogP contribution is -2.40. The van der Waals surface area contributed by atoms with Gasteiger partial charge in [0.1, 0.15) is 5.75 Å². The Balaban J connectivity index is 1.65. The number of hydrogen-bond donors (Lipinski definition) is 1. The molecule has 27 heavy (non-hydrogen) atoms. The zero-order valence-electron chi connectivity index (χ0n) is 15.4. The van der Waals surface area contributed by atoms with E-state index < -0.39 is 15.1 Å². The van der Waals surface area contributed by atoms with E-state index in [0.717, 1.165) is 11.3 Å². The van der Waals surface area contributed by atoms with Crippen LogP contribution in [0.2, 0.25) is 0 Å². The van der Waals surface area contributed by atoms with E-state index in [1.165, 1.54) is 11.8 Å². The summed E-state index contributed by atoms with van der Waals surface area (Å²) >= 11 is 1.29. The average Bonchev–Trinajstić information content (AvgIpc) is 3.17. The van der Waals surface area contributed by atoms with Crippen LogP contribution in [0.15, 0.2) is 29.4 Å². The molecule has 1 amide bonds. The van der Waals surface area contributed by atoms with Gasteiger partial charge in [-0.05, 0) is 37.6 Å². The summed E-state index contributed by atoms with van der Waals surface area (Å²) in [5.74, 6) is 1.40. The second-order valence-electron chi connectivity index (χ2n) is 6.46. The van der Waals surface area contributed by atoms with E-state index in [-0.39, 0.29) is 23.5 Å². The maximum atomic E-state index is 12.4. The van der Waals surface area contributed by atoms with Crippen LogP contribution in [0, 0.1) is 0 Å². The van der Waals surface area contributed by atoms with E-state index in [0.29, 0.717) is 17.4 Å². The third-order valence-corrected chi connectivity index (χ3v) is 7.32. The van der Waals surface area contributed by atoms with Gasteiger partial charge in [0.15, 0.2) is 20.8 Å². The molecule has 1 fully saturated rings. The maximum absolute atomic E-state index is 12.4. The number of carbonyl (C=O) groups excluding carboxylic acids is 1. The summed E-state index contributed by atoms with van der Waals surface area (Å²) in [4.78, 5) is 12.4. The van der Waals surface area contributed by atoms with Gasteiger partial charge in [-0.25, -0.2) is 8.42 Å². The maximum Gasteiger partial charge on any atom is 0.233 e. The monoisotopic (exact) mass is 410 g/mol. The summed E-state index contributed by atoms with van der Waals surface area (Å²) in [6, 6.07) is 7.19. The summed E-state index contributed by atoms with van der Waals surface area (Å²) < 4.78 is 30.0. The van der Waals surface area contributed by atoms with Gasteiger partial charge in [0.05, 0.1) is 23.9 Å². The molecule has 1 aliphatic heterocycles. The van der Waals surface area contributed by atoms with Crippen molar-refractivity contribution < 1.29 is 17.9 Å². The number of hydrogen-bond acceptors (Lipinski definition) is 7. The van der Waals surface area contributed by atoms with Crippen LogP contribution in [0.25, 0.3) is 11.4 Å². The molecule has 10 heteroatoms. The van der Waals surface area contributed by atoms with Crippen molar-refractivity contribution in [2.45, 2.75) is 29.8 Å². The summed E-state index contributed by atoms with van der Waals surface area (Å²) in [5, 5.41) is 11.4. The van der Waals surface area contributed by atoms with Crippen LogP contribution in [0.1, 0.15) is 13.3 Å².